The van der Waals surface area contributed by atoms with Crippen LogP contribution in [0.2, 0.25) is 0 Å². The summed E-state index contributed by atoms with van der Waals surface area (Å²) in [6.45, 7) is 6.59. The standard InChI is InChI=1S/C23H20N2O/c1-23(2,3)25-15-24(19-9-5-6-10-20(19)25)16-12-13-18-17-8-4-7-11-21(17)26-22(18)14-16/h4-14H,1-3H3/q+2. The number of hydrogen-bond donors (Lipinski definition) is 0. The highest BCUT2D eigenvalue weighted by atomic mass is 16.3. The molecule has 0 aliphatic carbocycles. The maximum atomic E-state index is 6.07. The molecular formula is C23H20N2O+2. The van der Waals surface area contributed by atoms with Crippen molar-refractivity contribution in [2.45, 2.75) is 26.3 Å². The first-order valence-electron chi connectivity index (χ1n) is 8.89. The summed E-state index contributed by atoms with van der Waals surface area (Å²) >= 11 is 0. The van der Waals surface area contributed by atoms with Crippen LogP contribution in [0.25, 0.3) is 21.9 Å². The zero-order chi connectivity index (χ0) is 17.9. The molecule has 2 heterocycles. The SMILES string of the molecule is CC(C)(C)[N+]1=C=[N+](c2ccc3c(c2)oc2ccccc23)c2ccccc21. The summed E-state index contributed by atoms with van der Waals surface area (Å²) < 4.78 is 10.4. The van der Waals surface area contributed by atoms with Gasteiger partial charge in [0.15, 0.2) is 5.54 Å². The van der Waals surface area contributed by atoms with Gasteiger partial charge in [-0.25, -0.2) is 0 Å². The molecule has 126 valence electrons. The van der Waals surface area contributed by atoms with Crippen LogP contribution < -0.4 is 4.58 Å². The number of hydrogen-bond acceptors (Lipinski definition) is 1. The molecule has 1 aromatic heterocycles. The fraction of sp³-hybridized carbons (Fsp3) is 0.174. The molecule has 0 fully saturated rings. The topological polar surface area (TPSA) is 19.2 Å². The fourth-order valence-corrected chi connectivity index (χ4v) is 3.61. The largest absolute Gasteiger partial charge is 0.496 e. The van der Waals surface area contributed by atoms with Crippen molar-refractivity contribution < 1.29 is 8.99 Å². The van der Waals surface area contributed by atoms with E-state index in [9.17, 15) is 0 Å². The first-order valence-corrected chi connectivity index (χ1v) is 8.89. The van der Waals surface area contributed by atoms with Crippen molar-refractivity contribution in [2.24, 2.45) is 0 Å². The molecule has 0 radical (unpaired) electrons. The van der Waals surface area contributed by atoms with Crippen molar-refractivity contribution in [3.8, 4) is 0 Å². The molecule has 26 heavy (non-hydrogen) atoms. The Morgan fingerprint density at radius 2 is 1.46 bits per heavy atom. The molecule has 0 saturated heterocycles. The molecular weight excluding hydrogens is 320 g/mol. The molecule has 0 N–H and O–H groups in total. The van der Waals surface area contributed by atoms with E-state index >= 15 is 0 Å². The number of nitrogens with zero attached hydrogens (tertiary/aromatic N) is 2. The van der Waals surface area contributed by atoms with Gasteiger partial charge in [0, 0.05) is 49.7 Å². The van der Waals surface area contributed by atoms with E-state index in [1.54, 1.807) is 0 Å². The first kappa shape index (κ1) is 15.1. The van der Waals surface area contributed by atoms with Crippen LogP contribution in [0, 0.1) is 0 Å². The smallest absolute Gasteiger partial charge is 0.456 e. The van der Waals surface area contributed by atoms with Gasteiger partial charge in [0.2, 0.25) is 5.69 Å². The second-order valence-corrected chi connectivity index (χ2v) is 7.71. The molecule has 0 saturated carbocycles. The van der Waals surface area contributed by atoms with Gasteiger partial charge in [0.1, 0.15) is 11.2 Å². The maximum Gasteiger partial charge on any atom is 0.496 e. The predicted octanol–water partition coefficient (Wildman–Crippen LogP) is 6.05. The van der Waals surface area contributed by atoms with Gasteiger partial charge in [-0.1, -0.05) is 34.9 Å². The lowest BCUT2D eigenvalue weighted by molar-refractivity contribution is -0.511. The summed E-state index contributed by atoms with van der Waals surface area (Å²) in [5, 5.41) is 2.30. The van der Waals surface area contributed by atoms with E-state index in [0.717, 1.165) is 33.3 Å². The molecule has 0 bridgehead atoms. The van der Waals surface area contributed by atoms with E-state index in [1.165, 1.54) is 5.69 Å². The Kier molecular flexibility index (Phi) is 3.01. The van der Waals surface area contributed by atoms with Crippen LogP contribution >= 0.6 is 0 Å². The monoisotopic (exact) mass is 340 g/mol. The minimum atomic E-state index is -0.0473. The summed E-state index contributed by atoms with van der Waals surface area (Å²) in [4.78, 5) is 0. The number of benzene rings is 3. The van der Waals surface area contributed by atoms with Crippen LogP contribution in [0.5, 0.6) is 0 Å². The molecule has 4 aromatic rings. The lowest BCUT2D eigenvalue weighted by Gasteiger charge is -2.09. The zero-order valence-electron chi connectivity index (χ0n) is 15.2. The van der Waals surface area contributed by atoms with Crippen molar-refractivity contribution in [3.05, 3.63) is 66.7 Å². The van der Waals surface area contributed by atoms with Crippen molar-refractivity contribution in [3.63, 3.8) is 0 Å². The van der Waals surface area contributed by atoms with Crippen molar-refractivity contribution in [1.82, 2.24) is 4.58 Å². The van der Waals surface area contributed by atoms with Crippen LogP contribution in [-0.2, 0) is 0 Å². The predicted molar refractivity (Wildman–Crippen MR) is 106 cm³/mol. The fourth-order valence-electron chi connectivity index (χ4n) is 3.61. The lowest BCUT2D eigenvalue weighted by Crippen LogP contribution is -2.27. The van der Waals surface area contributed by atoms with Gasteiger partial charge in [-0.05, 0) is 16.7 Å². The maximum absolute atomic E-state index is 6.07. The number of para-hydroxylation sites is 3. The molecule has 1 aliphatic rings. The second kappa shape index (κ2) is 5.17. The molecule has 3 nitrogen and oxygen atoms in total. The minimum absolute atomic E-state index is 0.0473. The third-order valence-electron chi connectivity index (χ3n) is 4.85. The highest BCUT2D eigenvalue weighted by molar-refractivity contribution is 6.05. The normalized spacial score (nSPS) is 13.8. The quantitative estimate of drug-likeness (QED) is 0.386. The second-order valence-electron chi connectivity index (χ2n) is 7.71. The third kappa shape index (κ3) is 2.15. The van der Waals surface area contributed by atoms with Crippen LogP contribution in [0.3, 0.4) is 0 Å². The van der Waals surface area contributed by atoms with Crippen LogP contribution in [0.4, 0.5) is 17.1 Å². The van der Waals surface area contributed by atoms with Crippen molar-refractivity contribution in [2.75, 3.05) is 0 Å². The number of rotatable bonds is 1. The van der Waals surface area contributed by atoms with Gasteiger partial charge in [0.05, 0.1) is 6.07 Å². The molecule has 3 heteroatoms. The highest BCUT2D eigenvalue weighted by Gasteiger charge is 2.41. The van der Waals surface area contributed by atoms with E-state index < -0.39 is 0 Å². The van der Waals surface area contributed by atoms with E-state index in [-0.39, 0.29) is 5.54 Å². The van der Waals surface area contributed by atoms with Gasteiger partial charge in [0.25, 0.3) is 11.4 Å². The van der Waals surface area contributed by atoms with Crippen molar-refractivity contribution in [1.29, 1.82) is 0 Å². The lowest BCUT2D eigenvalue weighted by atomic mass is 10.1. The van der Waals surface area contributed by atoms with Gasteiger partial charge in [-0.15, -0.1) is 0 Å². The molecule has 1 aliphatic heterocycles. The molecule has 0 amide bonds. The first-order chi connectivity index (χ1) is 12.5. The summed E-state index contributed by atoms with van der Waals surface area (Å²) in [5.41, 5.74) is 5.13. The Bertz CT molecular complexity index is 1250. The molecule has 3 aromatic carbocycles. The Morgan fingerprint density at radius 1 is 0.769 bits per heavy atom. The average Bonchev–Trinajstić information content (AvgIpc) is 3.19. The average molecular weight is 340 g/mol. The van der Waals surface area contributed by atoms with Crippen LogP contribution in [0.1, 0.15) is 20.8 Å². The Balaban J connectivity index is 1.76. The molecule has 0 unspecified atom stereocenters. The zero-order valence-corrected chi connectivity index (χ0v) is 15.2. The Hall–Kier alpha value is -3.16. The molecule has 0 atom stereocenters. The third-order valence-corrected chi connectivity index (χ3v) is 4.85. The van der Waals surface area contributed by atoms with Crippen LogP contribution in [0.15, 0.2) is 71.1 Å². The Labute approximate surface area is 152 Å². The van der Waals surface area contributed by atoms with E-state index in [0.29, 0.717) is 0 Å². The van der Waals surface area contributed by atoms with Crippen molar-refractivity contribution >= 4 is 45.0 Å². The van der Waals surface area contributed by atoms with Gasteiger partial charge in [-0.3, -0.25) is 0 Å². The number of furan rings is 1. The summed E-state index contributed by atoms with van der Waals surface area (Å²) in [6.07, 6.45) is 0. The minimum Gasteiger partial charge on any atom is -0.456 e. The van der Waals surface area contributed by atoms with E-state index in [2.05, 4.69) is 84.5 Å². The Morgan fingerprint density at radius 3 is 2.27 bits per heavy atom. The van der Waals surface area contributed by atoms with E-state index in [1.807, 2.05) is 18.2 Å². The molecule has 0 spiro atoms. The highest BCUT2D eigenvalue weighted by Crippen LogP contribution is 2.38. The van der Waals surface area contributed by atoms with Gasteiger partial charge in [-0.2, -0.15) is 0 Å². The number of fused-ring (bicyclic) bond motifs is 4. The summed E-state index contributed by atoms with van der Waals surface area (Å²) in [6, 6.07) is 26.5. The summed E-state index contributed by atoms with van der Waals surface area (Å²) in [7, 11) is 0. The van der Waals surface area contributed by atoms with Gasteiger partial charge < -0.3 is 4.42 Å². The summed E-state index contributed by atoms with van der Waals surface area (Å²) in [5.74, 6) is 0. The van der Waals surface area contributed by atoms with Crippen LogP contribution in [-0.4, -0.2) is 16.1 Å². The van der Waals surface area contributed by atoms with E-state index in [4.69, 9.17) is 4.42 Å². The molecule has 5 rings (SSSR count). The van der Waals surface area contributed by atoms with Gasteiger partial charge >= 0.3 is 6.01 Å².